The molecule has 3 aromatic rings. The number of thioether (sulfide) groups is 1. The van der Waals surface area contributed by atoms with Gasteiger partial charge in [-0.15, -0.1) is 11.8 Å². The minimum Gasteiger partial charge on any atom is -0.324 e. The molecule has 0 aliphatic heterocycles. The van der Waals surface area contributed by atoms with E-state index in [1.165, 1.54) is 4.90 Å². The van der Waals surface area contributed by atoms with Crippen LogP contribution in [0.3, 0.4) is 0 Å². The SMILES string of the molecule is CCC(C)n1c(CSc2ccc(Cl)cc2)nc2cc(Cl)ccc21. The molecule has 120 valence electrons. The van der Waals surface area contributed by atoms with Gasteiger partial charge < -0.3 is 4.57 Å². The van der Waals surface area contributed by atoms with Crippen molar-refractivity contribution in [3.63, 3.8) is 0 Å². The number of hydrogen-bond acceptors (Lipinski definition) is 2. The lowest BCUT2D eigenvalue weighted by molar-refractivity contribution is 0.530. The second-order valence-electron chi connectivity index (χ2n) is 5.53. The average Bonchev–Trinajstić information content (AvgIpc) is 2.91. The van der Waals surface area contributed by atoms with Crippen molar-refractivity contribution < 1.29 is 0 Å². The van der Waals surface area contributed by atoms with Gasteiger partial charge in [0.25, 0.3) is 0 Å². The van der Waals surface area contributed by atoms with Gasteiger partial charge in [0.1, 0.15) is 5.82 Å². The smallest absolute Gasteiger partial charge is 0.120 e. The van der Waals surface area contributed by atoms with Gasteiger partial charge >= 0.3 is 0 Å². The first kappa shape index (κ1) is 16.7. The van der Waals surface area contributed by atoms with Gasteiger partial charge in [-0.1, -0.05) is 30.1 Å². The summed E-state index contributed by atoms with van der Waals surface area (Å²) in [5.74, 6) is 1.90. The highest BCUT2D eigenvalue weighted by Gasteiger charge is 2.15. The monoisotopic (exact) mass is 364 g/mol. The van der Waals surface area contributed by atoms with E-state index in [-0.39, 0.29) is 0 Å². The van der Waals surface area contributed by atoms with E-state index in [0.717, 1.165) is 39.1 Å². The van der Waals surface area contributed by atoms with Crippen molar-refractivity contribution >= 4 is 46.0 Å². The third-order valence-corrected chi connectivity index (χ3v) is 5.43. The van der Waals surface area contributed by atoms with Gasteiger partial charge in [-0.2, -0.15) is 0 Å². The van der Waals surface area contributed by atoms with Crippen molar-refractivity contribution in [2.24, 2.45) is 0 Å². The average molecular weight is 365 g/mol. The predicted octanol–water partition coefficient (Wildman–Crippen LogP) is 6.61. The van der Waals surface area contributed by atoms with E-state index in [4.69, 9.17) is 28.2 Å². The van der Waals surface area contributed by atoms with Crippen LogP contribution in [0.5, 0.6) is 0 Å². The molecule has 1 unspecified atom stereocenters. The van der Waals surface area contributed by atoms with Crippen LogP contribution in [0.15, 0.2) is 47.4 Å². The number of nitrogens with zero attached hydrogens (tertiary/aromatic N) is 2. The van der Waals surface area contributed by atoms with Gasteiger partial charge in [0.05, 0.1) is 16.8 Å². The Balaban J connectivity index is 1.93. The van der Waals surface area contributed by atoms with Crippen molar-refractivity contribution in [2.75, 3.05) is 0 Å². The van der Waals surface area contributed by atoms with Crippen LogP contribution in [0.2, 0.25) is 10.0 Å². The number of aromatic nitrogens is 2. The normalized spacial score (nSPS) is 12.7. The molecule has 0 fully saturated rings. The number of fused-ring (bicyclic) bond motifs is 1. The van der Waals surface area contributed by atoms with Crippen LogP contribution in [0, 0.1) is 0 Å². The summed E-state index contributed by atoms with van der Waals surface area (Å²) in [6.07, 6.45) is 1.06. The molecule has 0 spiro atoms. The van der Waals surface area contributed by atoms with E-state index < -0.39 is 0 Å². The van der Waals surface area contributed by atoms with Crippen LogP contribution in [-0.2, 0) is 5.75 Å². The number of rotatable bonds is 5. The highest BCUT2D eigenvalue weighted by molar-refractivity contribution is 7.98. The molecule has 0 aliphatic rings. The summed E-state index contributed by atoms with van der Waals surface area (Å²) in [7, 11) is 0. The fourth-order valence-corrected chi connectivity index (χ4v) is 3.70. The van der Waals surface area contributed by atoms with Crippen LogP contribution in [0.4, 0.5) is 0 Å². The van der Waals surface area contributed by atoms with Crippen molar-refractivity contribution in [1.82, 2.24) is 9.55 Å². The first-order chi connectivity index (χ1) is 11.1. The molecule has 23 heavy (non-hydrogen) atoms. The number of imidazole rings is 1. The molecule has 1 atom stereocenters. The number of halogens is 2. The third-order valence-electron chi connectivity index (χ3n) is 3.94. The zero-order valence-electron chi connectivity index (χ0n) is 13.1. The maximum Gasteiger partial charge on any atom is 0.120 e. The number of hydrogen-bond donors (Lipinski definition) is 0. The Morgan fingerprint density at radius 2 is 1.78 bits per heavy atom. The zero-order valence-corrected chi connectivity index (χ0v) is 15.4. The van der Waals surface area contributed by atoms with Crippen molar-refractivity contribution in [3.8, 4) is 0 Å². The molecule has 0 saturated heterocycles. The van der Waals surface area contributed by atoms with Gasteiger partial charge in [0.15, 0.2) is 0 Å². The quantitative estimate of drug-likeness (QED) is 0.474. The summed E-state index contributed by atoms with van der Waals surface area (Å²) in [6.45, 7) is 4.43. The van der Waals surface area contributed by atoms with E-state index in [9.17, 15) is 0 Å². The van der Waals surface area contributed by atoms with E-state index in [1.54, 1.807) is 11.8 Å². The molecule has 5 heteroatoms. The van der Waals surface area contributed by atoms with E-state index >= 15 is 0 Å². The lowest BCUT2D eigenvalue weighted by atomic mass is 10.2. The fraction of sp³-hybridized carbons (Fsp3) is 0.278. The Bertz CT molecular complexity index is 812. The van der Waals surface area contributed by atoms with Gasteiger partial charge in [-0.25, -0.2) is 4.98 Å². The molecule has 3 rings (SSSR count). The Morgan fingerprint density at radius 1 is 1.09 bits per heavy atom. The molecule has 1 aromatic heterocycles. The minimum absolute atomic E-state index is 0.405. The largest absolute Gasteiger partial charge is 0.324 e. The Labute approximate surface area is 150 Å². The summed E-state index contributed by atoms with van der Waals surface area (Å²) < 4.78 is 2.33. The van der Waals surface area contributed by atoms with Gasteiger partial charge in [-0.05, 0) is 55.8 Å². The maximum atomic E-state index is 6.11. The molecule has 0 amide bonds. The van der Waals surface area contributed by atoms with Crippen molar-refractivity contribution in [3.05, 3.63) is 58.3 Å². The molecule has 2 aromatic carbocycles. The molecular weight excluding hydrogens is 347 g/mol. The van der Waals surface area contributed by atoms with Crippen LogP contribution in [0.1, 0.15) is 32.1 Å². The van der Waals surface area contributed by atoms with E-state index in [2.05, 4.69) is 24.5 Å². The lowest BCUT2D eigenvalue weighted by Gasteiger charge is -2.15. The second kappa shape index (κ2) is 7.16. The molecule has 0 saturated carbocycles. The molecular formula is C18H18Cl2N2S. The van der Waals surface area contributed by atoms with E-state index in [0.29, 0.717) is 6.04 Å². The molecule has 0 radical (unpaired) electrons. The third kappa shape index (κ3) is 3.68. The first-order valence-corrected chi connectivity index (χ1v) is 9.37. The Hall–Kier alpha value is -1.16. The highest BCUT2D eigenvalue weighted by atomic mass is 35.5. The standard InChI is InChI=1S/C18H18Cl2N2S/c1-3-12(2)22-17-9-6-14(20)10-16(17)21-18(22)11-23-15-7-4-13(19)5-8-15/h4-10,12H,3,11H2,1-2H3. The molecule has 0 N–H and O–H groups in total. The molecule has 0 bridgehead atoms. The molecule has 0 aliphatic carbocycles. The van der Waals surface area contributed by atoms with Crippen molar-refractivity contribution in [1.29, 1.82) is 0 Å². The summed E-state index contributed by atoms with van der Waals surface area (Å²) in [5, 5.41) is 1.49. The lowest BCUT2D eigenvalue weighted by Crippen LogP contribution is -2.07. The highest BCUT2D eigenvalue weighted by Crippen LogP contribution is 2.30. The van der Waals surface area contributed by atoms with Gasteiger partial charge in [-0.3, -0.25) is 0 Å². The maximum absolute atomic E-state index is 6.11. The van der Waals surface area contributed by atoms with Gasteiger partial charge in [0.2, 0.25) is 0 Å². The Morgan fingerprint density at radius 3 is 2.48 bits per heavy atom. The summed E-state index contributed by atoms with van der Waals surface area (Å²) >= 11 is 13.8. The van der Waals surface area contributed by atoms with Crippen LogP contribution in [0.25, 0.3) is 11.0 Å². The Kier molecular flexibility index (Phi) is 5.20. The van der Waals surface area contributed by atoms with E-state index in [1.807, 2.05) is 36.4 Å². The zero-order chi connectivity index (χ0) is 16.4. The van der Waals surface area contributed by atoms with Crippen molar-refractivity contribution in [2.45, 2.75) is 37.0 Å². The second-order valence-corrected chi connectivity index (χ2v) is 7.45. The predicted molar refractivity (Wildman–Crippen MR) is 101 cm³/mol. The fourth-order valence-electron chi connectivity index (χ4n) is 2.58. The molecule has 1 heterocycles. The first-order valence-electron chi connectivity index (χ1n) is 7.63. The van der Waals surface area contributed by atoms with Crippen LogP contribution >= 0.6 is 35.0 Å². The number of benzene rings is 2. The van der Waals surface area contributed by atoms with Crippen LogP contribution < -0.4 is 0 Å². The molecule has 2 nitrogen and oxygen atoms in total. The summed E-state index contributed by atoms with van der Waals surface area (Å²) in [4.78, 5) is 6.00. The van der Waals surface area contributed by atoms with Gasteiger partial charge in [0, 0.05) is 21.0 Å². The van der Waals surface area contributed by atoms with Crippen LogP contribution in [-0.4, -0.2) is 9.55 Å². The topological polar surface area (TPSA) is 17.8 Å². The summed E-state index contributed by atoms with van der Waals surface area (Å²) in [5.41, 5.74) is 2.11. The minimum atomic E-state index is 0.405. The summed E-state index contributed by atoms with van der Waals surface area (Å²) in [6, 6.07) is 14.3.